The van der Waals surface area contributed by atoms with Gasteiger partial charge in [-0.3, -0.25) is 9.97 Å². The maximum Gasteiger partial charge on any atom is 0.182 e. The highest BCUT2D eigenvalue weighted by Gasteiger charge is 2.28. The van der Waals surface area contributed by atoms with Gasteiger partial charge in [0, 0.05) is 48.4 Å². The van der Waals surface area contributed by atoms with Crippen molar-refractivity contribution >= 4 is 51.8 Å². The van der Waals surface area contributed by atoms with Crippen LogP contribution in [0.5, 0.6) is 0 Å². The molecule has 0 saturated heterocycles. The van der Waals surface area contributed by atoms with Crippen LogP contribution in [0.15, 0.2) is 117 Å². The fourth-order valence-corrected chi connectivity index (χ4v) is 12.5. The minimum Gasteiger partial charge on any atom is -0.308 e. The normalized spacial score (nSPS) is 12.4. The van der Waals surface area contributed by atoms with Gasteiger partial charge in [-0.05, 0) is 145 Å². The van der Waals surface area contributed by atoms with Crippen molar-refractivity contribution in [3.8, 4) is 22.3 Å². The molecule has 364 valence electrons. The van der Waals surface area contributed by atoms with Gasteiger partial charge in [-0.1, -0.05) is 87.4 Å². The van der Waals surface area contributed by atoms with Gasteiger partial charge in [0.25, 0.3) is 0 Å². The van der Waals surface area contributed by atoms with Crippen LogP contribution in [0.4, 0.5) is 0 Å². The lowest BCUT2D eigenvalue weighted by Crippen LogP contribution is -2.22. The van der Waals surface area contributed by atoms with Crippen LogP contribution in [0.3, 0.4) is 0 Å². The third-order valence-electron chi connectivity index (χ3n) is 11.8. The SMILES string of the molecule is Cc1ccc(-c2c(CS(=O)(=O)c3ccc(S(C)(=O)=O)cc3)c(C)nc(CC(C)C)c2CNCc2c(CC(C)C)nc(C)c(CS(=O)(=O)c3ccc(S(C)(=O)=O)cc3)c2-c2ccc(C)cc2)cc1.Cl. The quantitative estimate of drug-likeness (QED) is 0.0868. The van der Waals surface area contributed by atoms with E-state index in [1.54, 1.807) is 0 Å². The van der Waals surface area contributed by atoms with Gasteiger partial charge in [-0.25, -0.2) is 33.7 Å². The van der Waals surface area contributed by atoms with Crippen molar-refractivity contribution < 1.29 is 33.7 Å². The van der Waals surface area contributed by atoms with Gasteiger partial charge in [0.15, 0.2) is 39.3 Å². The number of sulfone groups is 4. The van der Waals surface area contributed by atoms with Crippen LogP contribution in [0.25, 0.3) is 22.3 Å². The molecule has 0 spiro atoms. The summed E-state index contributed by atoms with van der Waals surface area (Å²) in [6.07, 6.45) is 3.38. The van der Waals surface area contributed by atoms with E-state index in [4.69, 9.17) is 9.97 Å². The highest BCUT2D eigenvalue weighted by atomic mass is 35.5. The molecule has 16 heteroatoms. The molecule has 0 aliphatic heterocycles. The Kier molecular flexibility index (Phi) is 17.1. The first-order valence-electron chi connectivity index (χ1n) is 22.2. The summed E-state index contributed by atoms with van der Waals surface area (Å²) in [5.74, 6) is -0.346. The average Bonchev–Trinajstić information content (AvgIpc) is 3.23. The molecular formula is C52H62ClN3O8S4. The van der Waals surface area contributed by atoms with Crippen LogP contribution in [0.1, 0.15) is 83.9 Å². The van der Waals surface area contributed by atoms with Crippen molar-refractivity contribution in [2.45, 2.75) is 112 Å². The lowest BCUT2D eigenvalue weighted by atomic mass is 9.89. The molecule has 6 rings (SSSR count). The van der Waals surface area contributed by atoms with E-state index in [1.807, 2.05) is 76.2 Å². The molecule has 0 aliphatic carbocycles. The first-order valence-corrected chi connectivity index (χ1v) is 29.3. The topological polar surface area (TPSA) is 174 Å². The number of nitrogens with one attached hydrogen (secondary N) is 1. The van der Waals surface area contributed by atoms with Gasteiger partial charge in [-0.2, -0.15) is 0 Å². The molecule has 0 saturated carbocycles. The summed E-state index contributed by atoms with van der Waals surface area (Å²) in [6, 6.07) is 26.5. The van der Waals surface area contributed by atoms with Crippen molar-refractivity contribution in [3.05, 3.63) is 153 Å². The van der Waals surface area contributed by atoms with Crippen LogP contribution in [0, 0.1) is 39.5 Å². The summed E-state index contributed by atoms with van der Waals surface area (Å²) < 4.78 is 106. The Hall–Kier alpha value is -4.77. The van der Waals surface area contributed by atoms with Gasteiger partial charge in [0.2, 0.25) is 0 Å². The Morgan fingerprint density at radius 3 is 1.01 bits per heavy atom. The molecule has 68 heavy (non-hydrogen) atoms. The Morgan fingerprint density at radius 1 is 0.441 bits per heavy atom. The van der Waals surface area contributed by atoms with Crippen molar-refractivity contribution in [2.75, 3.05) is 12.5 Å². The van der Waals surface area contributed by atoms with Crippen molar-refractivity contribution in [1.29, 1.82) is 0 Å². The molecule has 2 aromatic heterocycles. The largest absolute Gasteiger partial charge is 0.308 e. The van der Waals surface area contributed by atoms with E-state index >= 15 is 0 Å². The lowest BCUT2D eigenvalue weighted by molar-refractivity contribution is 0.592. The van der Waals surface area contributed by atoms with Gasteiger partial charge >= 0.3 is 0 Å². The minimum atomic E-state index is -4.00. The van der Waals surface area contributed by atoms with Gasteiger partial charge in [0.1, 0.15) is 0 Å². The second-order valence-electron chi connectivity index (χ2n) is 18.5. The molecule has 1 N–H and O–H groups in total. The molecule has 6 aromatic rings. The van der Waals surface area contributed by atoms with Crippen molar-refractivity contribution in [3.63, 3.8) is 0 Å². The van der Waals surface area contributed by atoms with E-state index in [0.717, 1.165) is 68.4 Å². The van der Waals surface area contributed by atoms with Crippen LogP contribution in [-0.2, 0) is 76.8 Å². The van der Waals surface area contributed by atoms with E-state index < -0.39 is 39.3 Å². The van der Waals surface area contributed by atoms with Crippen LogP contribution in [0.2, 0.25) is 0 Å². The predicted octanol–water partition coefficient (Wildman–Crippen LogP) is 9.91. The highest BCUT2D eigenvalue weighted by molar-refractivity contribution is 7.91. The highest BCUT2D eigenvalue weighted by Crippen LogP contribution is 2.38. The van der Waals surface area contributed by atoms with E-state index in [1.165, 1.54) is 48.5 Å². The first kappa shape index (κ1) is 54.2. The number of hydrogen-bond acceptors (Lipinski definition) is 11. The lowest BCUT2D eigenvalue weighted by Gasteiger charge is -2.24. The van der Waals surface area contributed by atoms with Crippen LogP contribution >= 0.6 is 12.4 Å². The van der Waals surface area contributed by atoms with Gasteiger partial charge in [-0.15, -0.1) is 12.4 Å². The molecule has 11 nitrogen and oxygen atoms in total. The fourth-order valence-electron chi connectivity index (χ4n) is 8.32. The molecular weight excluding hydrogens is 958 g/mol. The summed E-state index contributed by atoms with van der Waals surface area (Å²) in [4.78, 5) is 10.3. The zero-order valence-electron chi connectivity index (χ0n) is 40.3. The number of nitrogens with zero attached hydrogens (tertiary/aromatic N) is 2. The maximum absolute atomic E-state index is 14.3. The van der Waals surface area contributed by atoms with Crippen LogP contribution in [-0.4, -0.2) is 56.2 Å². The van der Waals surface area contributed by atoms with Crippen molar-refractivity contribution in [1.82, 2.24) is 15.3 Å². The smallest absolute Gasteiger partial charge is 0.182 e. The fraction of sp³-hybridized carbons (Fsp3) is 0.346. The number of rotatable bonds is 18. The molecule has 0 unspecified atom stereocenters. The Morgan fingerprint density at radius 2 is 0.735 bits per heavy atom. The van der Waals surface area contributed by atoms with Crippen molar-refractivity contribution in [2.24, 2.45) is 11.8 Å². The van der Waals surface area contributed by atoms with Gasteiger partial charge < -0.3 is 5.32 Å². The summed E-state index contributed by atoms with van der Waals surface area (Å²) >= 11 is 0. The zero-order chi connectivity index (χ0) is 49.2. The second kappa shape index (κ2) is 21.5. The molecule has 0 atom stereocenters. The van der Waals surface area contributed by atoms with Crippen LogP contribution < -0.4 is 5.32 Å². The Balaban J connectivity index is 0.00000864. The summed E-state index contributed by atoms with van der Waals surface area (Å²) in [5.41, 5.74) is 10.8. The molecule has 2 heterocycles. The monoisotopic (exact) mass is 1020 g/mol. The van der Waals surface area contributed by atoms with E-state index in [9.17, 15) is 33.7 Å². The minimum absolute atomic E-state index is 0. The third-order valence-corrected chi connectivity index (χ3v) is 17.3. The maximum atomic E-state index is 14.3. The number of halogens is 1. The average molecular weight is 1020 g/mol. The molecule has 0 fully saturated rings. The molecule has 4 aromatic carbocycles. The Bertz CT molecular complexity index is 3030. The molecule has 0 radical (unpaired) electrons. The van der Waals surface area contributed by atoms with E-state index in [0.29, 0.717) is 35.4 Å². The number of pyridine rings is 2. The number of aromatic nitrogens is 2. The van der Waals surface area contributed by atoms with E-state index in [2.05, 4.69) is 33.0 Å². The molecule has 0 aliphatic rings. The summed E-state index contributed by atoms with van der Waals surface area (Å²) in [7, 11) is -15.1. The number of hydrogen-bond donors (Lipinski definition) is 1. The predicted molar refractivity (Wildman–Crippen MR) is 274 cm³/mol. The molecule has 0 bridgehead atoms. The van der Waals surface area contributed by atoms with Gasteiger partial charge in [0.05, 0.1) is 31.1 Å². The zero-order valence-corrected chi connectivity index (χ0v) is 44.4. The number of aryl methyl sites for hydroxylation is 4. The summed E-state index contributed by atoms with van der Waals surface area (Å²) in [6.45, 7) is 16.6. The first-order chi connectivity index (χ1) is 31.2. The standard InChI is InChI=1S/C52H61N3O8S4.ClH/c1-33(2)27-49-45(51(39-15-11-35(5)12-16-39)47(37(7)54-49)31-66(60,61)43-23-19-41(20-24-43)64(9,56)57)29-53-30-46-50(28-34(3)4)55-38(8)48(52(46)40-17-13-36(6)14-18-40)32-67(62,63)44-25-21-42(22-26-44)65(10,58)59;/h11-26,33-34,53H,27-32H2,1-10H3;1H. The third kappa shape index (κ3) is 12.9. The summed E-state index contributed by atoms with van der Waals surface area (Å²) in [5, 5.41) is 3.72. The molecule has 0 amide bonds. The number of benzene rings is 4. The Labute approximate surface area is 410 Å². The van der Waals surface area contributed by atoms with E-state index in [-0.39, 0.29) is 68.4 Å². The second-order valence-corrected chi connectivity index (χ2v) is 26.5.